The van der Waals surface area contributed by atoms with Crippen LogP contribution in [0, 0.1) is 22.7 Å². The van der Waals surface area contributed by atoms with Gasteiger partial charge < -0.3 is 14.9 Å². The van der Waals surface area contributed by atoms with Gasteiger partial charge in [0.25, 0.3) is 0 Å². The van der Waals surface area contributed by atoms with Crippen LogP contribution >= 0.6 is 0 Å². The Balaban J connectivity index is 3.35. The minimum absolute atomic E-state index is 0.241. The Hall–Kier alpha value is -3.58. The van der Waals surface area contributed by atoms with Gasteiger partial charge >= 0.3 is 11.9 Å². The number of hydrogen-bond acceptors (Lipinski definition) is 5. The summed E-state index contributed by atoms with van der Waals surface area (Å²) in [5.41, 5.74) is -0.187. The van der Waals surface area contributed by atoms with Gasteiger partial charge in [0.15, 0.2) is 0 Å². The first-order valence-electron chi connectivity index (χ1n) is 5.81. The van der Waals surface area contributed by atoms with Crippen molar-refractivity contribution in [1.82, 2.24) is 0 Å². The van der Waals surface area contributed by atoms with Gasteiger partial charge in [0, 0.05) is 5.56 Å². The number of carboxylic acids is 2. The molecule has 0 radical (unpaired) electrons. The summed E-state index contributed by atoms with van der Waals surface area (Å²) in [5.74, 6) is -2.49. The normalized spacial score (nSPS) is 11.2. The van der Waals surface area contributed by atoms with E-state index < -0.39 is 23.1 Å². The Morgan fingerprint density at radius 3 is 2.09 bits per heavy atom. The van der Waals surface area contributed by atoms with Crippen molar-refractivity contribution in [2.75, 3.05) is 7.11 Å². The standard InChI is InChI=1S/C15H10N2O5/c1-22-13-5-9(4-11(7-16)14(18)19)2-3-10(13)6-12(8-17)15(20)21/h2-6H,1H3,(H,18,19)(H,20,21). The maximum Gasteiger partial charge on any atom is 0.346 e. The van der Waals surface area contributed by atoms with Crippen molar-refractivity contribution in [3.8, 4) is 17.9 Å². The van der Waals surface area contributed by atoms with Gasteiger partial charge in [-0.15, -0.1) is 0 Å². The number of nitriles is 2. The molecule has 0 unspecified atom stereocenters. The fourth-order valence-corrected chi connectivity index (χ4v) is 1.54. The molecule has 0 fully saturated rings. The zero-order valence-corrected chi connectivity index (χ0v) is 11.4. The van der Waals surface area contributed by atoms with Crippen LogP contribution in [0.1, 0.15) is 11.1 Å². The first kappa shape index (κ1) is 16.5. The maximum absolute atomic E-state index is 10.8. The number of ether oxygens (including phenoxy) is 1. The Morgan fingerprint density at radius 2 is 1.64 bits per heavy atom. The summed E-state index contributed by atoms with van der Waals surface area (Å²) in [4.78, 5) is 21.6. The van der Waals surface area contributed by atoms with Gasteiger partial charge in [-0.1, -0.05) is 12.1 Å². The second-order valence-corrected chi connectivity index (χ2v) is 3.95. The molecule has 0 aliphatic carbocycles. The van der Waals surface area contributed by atoms with Crippen LogP contribution in [0.25, 0.3) is 12.2 Å². The van der Waals surface area contributed by atoms with Gasteiger partial charge in [-0.25, -0.2) is 9.59 Å². The van der Waals surface area contributed by atoms with Crippen LogP contribution < -0.4 is 4.74 Å². The molecule has 0 aliphatic rings. The SMILES string of the molecule is COc1cc(C=C(C#N)C(=O)O)ccc1C=C(C#N)C(=O)O. The van der Waals surface area contributed by atoms with Crippen molar-refractivity contribution in [2.24, 2.45) is 0 Å². The van der Waals surface area contributed by atoms with Gasteiger partial charge in [-0.05, 0) is 23.8 Å². The van der Waals surface area contributed by atoms with Gasteiger partial charge in [0.05, 0.1) is 7.11 Å². The quantitative estimate of drug-likeness (QED) is 0.624. The molecule has 0 saturated carbocycles. The third-order valence-corrected chi connectivity index (χ3v) is 2.57. The van der Waals surface area contributed by atoms with Crippen LogP contribution in [0.3, 0.4) is 0 Å². The average Bonchev–Trinajstić information content (AvgIpc) is 2.50. The van der Waals surface area contributed by atoms with E-state index in [9.17, 15) is 9.59 Å². The molecular formula is C15H10N2O5. The van der Waals surface area contributed by atoms with Crippen molar-refractivity contribution < 1.29 is 24.5 Å². The highest BCUT2D eigenvalue weighted by Crippen LogP contribution is 2.24. The fourth-order valence-electron chi connectivity index (χ4n) is 1.54. The highest BCUT2D eigenvalue weighted by Gasteiger charge is 2.10. The molecule has 0 aliphatic heterocycles. The number of nitrogens with zero attached hydrogens (tertiary/aromatic N) is 2. The molecular weight excluding hydrogens is 288 g/mol. The topological polar surface area (TPSA) is 131 Å². The smallest absolute Gasteiger partial charge is 0.346 e. The van der Waals surface area contributed by atoms with E-state index in [1.54, 1.807) is 12.1 Å². The van der Waals surface area contributed by atoms with Crippen LogP contribution in [0.5, 0.6) is 5.75 Å². The van der Waals surface area contributed by atoms with Crippen molar-refractivity contribution >= 4 is 24.1 Å². The lowest BCUT2D eigenvalue weighted by atomic mass is 10.1. The Labute approximate surface area is 125 Å². The summed E-state index contributed by atoms with van der Waals surface area (Å²) in [6, 6.07) is 7.46. The number of carbonyl (C=O) groups is 2. The Bertz CT molecular complexity index is 763. The number of rotatable bonds is 5. The molecule has 0 bridgehead atoms. The maximum atomic E-state index is 10.8. The lowest BCUT2D eigenvalue weighted by Gasteiger charge is -2.06. The van der Waals surface area contributed by atoms with Crippen LogP contribution in [-0.4, -0.2) is 29.3 Å². The molecule has 0 amide bonds. The molecule has 7 nitrogen and oxygen atoms in total. The summed E-state index contributed by atoms with van der Waals surface area (Å²) in [7, 11) is 1.34. The van der Waals surface area contributed by atoms with Crippen molar-refractivity contribution in [3.05, 3.63) is 40.5 Å². The molecule has 0 aromatic heterocycles. The zero-order chi connectivity index (χ0) is 16.7. The Morgan fingerprint density at radius 1 is 1.09 bits per heavy atom. The lowest BCUT2D eigenvalue weighted by molar-refractivity contribution is -0.133. The molecule has 0 heterocycles. The first-order chi connectivity index (χ1) is 10.4. The highest BCUT2D eigenvalue weighted by molar-refractivity contribution is 5.97. The summed E-state index contributed by atoms with van der Waals surface area (Å²) < 4.78 is 5.08. The van der Waals surface area contributed by atoms with Crippen LogP contribution in [-0.2, 0) is 9.59 Å². The number of hydrogen-bond donors (Lipinski definition) is 2. The predicted octanol–water partition coefficient (Wildman–Crippen LogP) is 1.68. The second kappa shape index (κ2) is 7.27. The highest BCUT2D eigenvalue weighted by atomic mass is 16.5. The summed E-state index contributed by atoms with van der Waals surface area (Å²) in [6.45, 7) is 0. The van der Waals surface area contributed by atoms with Gasteiger partial charge in [0.1, 0.15) is 29.0 Å². The molecule has 0 atom stereocenters. The largest absolute Gasteiger partial charge is 0.496 e. The fraction of sp³-hybridized carbons (Fsp3) is 0.0667. The molecule has 110 valence electrons. The minimum Gasteiger partial charge on any atom is -0.496 e. The monoisotopic (exact) mass is 298 g/mol. The molecule has 1 aromatic carbocycles. The molecule has 2 N–H and O–H groups in total. The summed E-state index contributed by atoms with van der Waals surface area (Å²) >= 11 is 0. The van der Waals surface area contributed by atoms with E-state index >= 15 is 0 Å². The lowest BCUT2D eigenvalue weighted by Crippen LogP contribution is -1.99. The van der Waals surface area contributed by atoms with E-state index in [1.165, 1.54) is 25.3 Å². The minimum atomic E-state index is -1.37. The summed E-state index contributed by atoms with van der Waals surface area (Å²) in [5, 5.41) is 35.1. The van der Waals surface area contributed by atoms with Crippen molar-refractivity contribution in [2.45, 2.75) is 0 Å². The zero-order valence-electron chi connectivity index (χ0n) is 11.4. The van der Waals surface area contributed by atoms with Crippen LogP contribution in [0.2, 0.25) is 0 Å². The van der Waals surface area contributed by atoms with Gasteiger partial charge in [-0.2, -0.15) is 10.5 Å². The van der Waals surface area contributed by atoms with E-state index in [2.05, 4.69) is 0 Å². The van der Waals surface area contributed by atoms with E-state index in [0.29, 0.717) is 11.1 Å². The molecule has 0 saturated heterocycles. The molecule has 22 heavy (non-hydrogen) atoms. The summed E-state index contributed by atoms with van der Waals surface area (Å²) in [6.07, 6.45) is 2.29. The molecule has 7 heteroatoms. The van der Waals surface area contributed by atoms with Crippen molar-refractivity contribution in [1.29, 1.82) is 10.5 Å². The van der Waals surface area contributed by atoms with Crippen LogP contribution in [0.15, 0.2) is 29.3 Å². The number of benzene rings is 1. The average molecular weight is 298 g/mol. The third kappa shape index (κ3) is 3.95. The molecule has 0 spiro atoms. The number of carboxylic acid groups (broad SMARTS) is 2. The molecule has 1 aromatic rings. The van der Waals surface area contributed by atoms with E-state index in [-0.39, 0.29) is 5.75 Å². The predicted molar refractivity (Wildman–Crippen MR) is 75.4 cm³/mol. The number of aliphatic carboxylic acids is 2. The Kier molecular flexibility index (Phi) is 5.44. The van der Waals surface area contributed by atoms with E-state index in [0.717, 1.165) is 12.2 Å². The van der Waals surface area contributed by atoms with Gasteiger partial charge in [-0.3, -0.25) is 0 Å². The van der Waals surface area contributed by atoms with Gasteiger partial charge in [0.2, 0.25) is 0 Å². The van der Waals surface area contributed by atoms with E-state index in [4.69, 9.17) is 25.5 Å². The third-order valence-electron chi connectivity index (χ3n) is 2.57. The molecule has 1 rings (SSSR count). The second-order valence-electron chi connectivity index (χ2n) is 3.95. The number of methoxy groups -OCH3 is 1. The first-order valence-corrected chi connectivity index (χ1v) is 5.81. The van der Waals surface area contributed by atoms with E-state index in [1.807, 2.05) is 0 Å². The van der Waals surface area contributed by atoms with Crippen molar-refractivity contribution in [3.63, 3.8) is 0 Å². The van der Waals surface area contributed by atoms with Crippen LogP contribution in [0.4, 0.5) is 0 Å².